The lowest BCUT2D eigenvalue weighted by Crippen LogP contribution is -2.15. The number of hydrogen-bond donors (Lipinski definition) is 1. The maximum absolute atomic E-state index is 11.2. The van der Waals surface area contributed by atoms with E-state index in [-0.39, 0.29) is 5.69 Å². The van der Waals surface area contributed by atoms with E-state index in [1.807, 2.05) is 22.8 Å². The zero-order chi connectivity index (χ0) is 12.7. The zero-order valence-corrected chi connectivity index (χ0v) is 10.0. The van der Waals surface area contributed by atoms with E-state index in [2.05, 4.69) is 6.07 Å². The van der Waals surface area contributed by atoms with E-state index in [1.165, 1.54) is 5.56 Å². The fraction of sp³-hybridized carbons (Fsp3) is 0.214. The largest absolute Gasteiger partial charge is 0.494 e. The summed E-state index contributed by atoms with van der Waals surface area (Å²) in [7, 11) is 1.57. The quantitative estimate of drug-likeness (QED) is 0.881. The van der Waals surface area contributed by atoms with Crippen molar-refractivity contribution >= 4 is 5.97 Å². The molecule has 1 aromatic carbocycles. The van der Waals surface area contributed by atoms with Crippen molar-refractivity contribution in [3.8, 4) is 17.0 Å². The second-order valence-electron chi connectivity index (χ2n) is 4.31. The van der Waals surface area contributed by atoms with Gasteiger partial charge in [-0.15, -0.1) is 0 Å². The fourth-order valence-corrected chi connectivity index (χ4v) is 2.57. The van der Waals surface area contributed by atoms with Crippen molar-refractivity contribution in [2.24, 2.45) is 0 Å². The maximum atomic E-state index is 11.2. The first-order valence-electron chi connectivity index (χ1n) is 5.81. The molecule has 2 aromatic rings. The first kappa shape index (κ1) is 10.9. The predicted octanol–water partition coefficient (Wildman–Crippen LogP) is 2.42. The average Bonchev–Trinajstić information content (AvgIpc) is 2.78. The number of nitrogens with zero attached hydrogens (tertiary/aromatic N) is 1. The van der Waals surface area contributed by atoms with E-state index in [4.69, 9.17) is 4.74 Å². The van der Waals surface area contributed by atoms with Crippen LogP contribution in [-0.2, 0) is 13.0 Å². The van der Waals surface area contributed by atoms with Crippen molar-refractivity contribution in [3.63, 3.8) is 0 Å². The van der Waals surface area contributed by atoms with Gasteiger partial charge in [-0.3, -0.25) is 0 Å². The molecule has 1 aromatic heterocycles. The second kappa shape index (κ2) is 3.91. The van der Waals surface area contributed by atoms with E-state index < -0.39 is 5.97 Å². The molecule has 0 aliphatic carbocycles. The maximum Gasteiger partial charge on any atom is 0.352 e. The molecule has 0 unspecified atom stereocenters. The zero-order valence-electron chi connectivity index (χ0n) is 10.0. The monoisotopic (exact) mass is 243 g/mol. The number of benzene rings is 1. The van der Waals surface area contributed by atoms with E-state index in [9.17, 15) is 9.90 Å². The van der Waals surface area contributed by atoms with Gasteiger partial charge >= 0.3 is 5.97 Å². The first-order valence-corrected chi connectivity index (χ1v) is 5.81. The number of hydrogen-bond acceptors (Lipinski definition) is 2. The summed E-state index contributed by atoms with van der Waals surface area (Å²) in [6.07, 6.45) is 0.848. The van der Waals surface area contributed by atoms with Crippen molar-refractivity contribution in [3.05, 3.63) is 41.6 Å². The topological polar surface area (TPSA) is 51.5 Å². The minimum Gasteiger partial charge on any atom is -0.494 e. The second-order valence-corrected chi connectivity index (χ2v) is 4.31. The molecule has 2 heterocycles. The number of carboxylic acid groups (broad SMARTS) is 1. The SMILES string of the molecule is COc1cc(C(=O)O)n2c1-c1ccccc1CC2. The molecular weight excluding hydrogens is 230 g/mol. The molecule has 0 radical (unpaired) electrons. The molecule has 18 heavy (non-hydrogen) atoms. The standard InChI is InChI=1S/C14H13NO3/c1-18-12-8-11(14(16)17)15-7-6-9-4-2-3-5-10(9)13(12)15/h2-5,8H,6-7H2,1H3,(H,16,17). The Balaban J connectivity index is 2.29. The third kappa shape index (κ3) is 1.42. The van der Waals surface area contributed by atoms with Crippen molar-refractivity contribution in [2.45, 2.75) is 13.0 Å². The number of aromatic nitrogens is 1. The molecule has 1 N–H and O–H groups in total. The van der Waals surface area contributed by atoms with Gasteiger partial charge in [0.05, 0.1) is 12.8 Å². The highest BCUT2D eigenvalue weighted by molar-refractivity contribution is 5.90. The number of fused-ring (bicyclic) bond motifs is 3. The van der Waals surface area contributed by atoms with Gasteiger partial charge in [0.1, 0.15) is 11.4 Å². The van der Waals surface area contributed by atoms with Crippen LogP contribution < -0.4 is 4.74 Å². The van der Waals surface area contributed by atoms with Crippen LogP contribution >= 0.6 is 0 Å². The summed E-state index contributed by atoms with van der Waals surface area (Å²) in [4.78, 5) is 11.2. The Hall–Kier alpha value is -2.23. The Labute approximate surface area is 104 Å². The van der Waals surface area contributed by atoms with Crippen LogP contribution in [0.1, 0.15) is 16.1 Å². The molecule has 0 fully saturated rings. The van der Waals surface area contributed by atoms with Crippen LogP contribution in [0.2, 0.25) is 0 Å². The number of ether oxygens (including phenoxy) is 1. The highest BCUT2D eigenvalue weighted by atomic mass is 16.5. The predicted molar refractivity (Wildman–Crippen MR) is 67.1 cm³/mol. The smallest absolute Gasteiger partial charge is 0.352 e. The third-order valence-corrected chi connectivity index (χ3v) is 3.38. The number of aromatic carboxylic acids is 1. The molecule has 1 aliphatic heterocycles. The van der Waals surface area contributed by atoms with Crippen LogP contribution in [0.4, 0.5) is 0 Å². The average molecular weight is 243 g/mol. The summed E-state index contributed by atoms with van der Waals surface area (Å²) in [5.74, 6) is -0.293. The molecule has 0 spiro atoms. The molecular formula is C14H13NO3. The molecule has 4 nitrogen and oxygen atoms in total. The minimum atomic E-state index is -0.918. The van der Waals surface area contributed by atoms with Crippen LogP contribution in [0.3, 0.4) is 0 Å². The molecule has 1 aliphatic rings. The summed E-state index contributed by atoms with van der Waals surface area (Å²) >= 11 is 0. The number of methoxy groups -OCH3 is 1. The lowest BCUT2D eigenvalue weighted by Gasteiger charge is -2.20. The van der Waals surface area contributed by atoms with Crippen molar-refractivity contribution in [2.75, 3.05) is 7.11 Å². The van der Waals surface area contributed by atoms with E-state index in [1.54, 1.807) is 13.2 Å². The van der Waals surface area contributed by atoms with Crippen molar-refractivity contribution in [1.29, 1.82) is 0 Å². The Morgan fingerprint density at radius 3 is 2.89 bits per heavy atom. The number of carbonyl (C=O) groups is 1. The van der Waals surface area contributed by atoms with Crippen molar-refractivity contribution in [1.82, 2.24) is 4.57 Å². The normalized spacial score (nSPS) is 12.7. The molecule has 0 saturated heterocycles. The summed E-state index contributed by atoms with van der Waals surface area (Å²) < 4.78 is 7.14. The van der Waals surface area contributed by atoms with Crippen molar-refractivity contribution < 1.29 is 14.6 Å². The van der Waals surface area contributed by atoms with Gasteiger partial charge in [0.25, 0.3) is 0 Å². The van der Waals surface area contributed by atoms with Gasteiger partial charge in [0.15, 0.2) is 0 Å². The van der Waals surface area contributed by atoms with Crippen LogP contribution in [0.5, 0.6) is 5.75 Å². The highest BCUT2D eigenvalue weighted by Crippen LogP contribution is 2.38. The van der Waals surface area contributed by atoms with Crippen LogP contribution in [0, 0.1) is 0 Å². The molecule has 3 rings (SSSR count). The molecule has 0 atom stereocenters. The molecule has 4 heteroatoms. The molecule has 0 amide bonds. The minimum absolute atomic E-state index is 0.288. The van der Waals surface area contributed by atoms with Gasteiger partial charge in [-0.2, -0.15) is 0 Å². The Bertz CT molecular complexity index is 628. The summed E-state index contributed by atoms with van der Waals surface area (Å²) in [5.41, 5.74) is 3.46. The lowest BCUT2D eigenvalue weighted by atomic mass is 9.98. The Morgan fingerprint density at radius 2 is 2.17 bits per heavy atom. The van der Waals surface area contributed by atoms with Gasteiger partial charge < -0.3 is 14.4 Å². The lowest BCUT2D eigenvalue weighted by molar-refractivity contribution is 0.0685. The highest BCUT2D eigenvalue weighted by Gasteiger charge is 2.25. The summed E-state index contributed by atoms with van der Waals surface area (Å²) in [5, 5.41) is 9.22. The summed E-state index contributed by atoms with van der Waals surface area (Å²) in [6.45, 7) is 0.678. The number of rotatable bonds is 2. The van der Waals surface area contributed by atoms with Crippen LogP contribution in [0.25, 0.3) is 11.3 Å². The van der Waals surface area contributed by atoms with Crippen LogP contribution in [-0.4, -0.2) is 22.8 Å². The molecule has 0 saturated carbocycles. The number of carboxylic acids is 1. The van der Waals surface area contributed by atoms with Gasteiger partial charge in [-0.1, -0.05) is 24.3 Å². The van der Waals surface area contributed by atoms with Crippen LogP contribution in [0.15, 0.2) is 30.3 Å². The Morgan fingerprint density at radius 1 is 1.39 bits per heavy atom. The fourth-order valence-electron chi connectivity index (χ4n) is 2.57. The van der Waals surface area contributed by atoms with Gasteiger partial charge in [-0.25, -0.2) is 4.79 Å². The number of aryl methyl sites for hydroxylation is 1. The first-order chi connectivity index (χ1) is 8.72. The molecule has 92 valence electrons. The summed E-state index contributed by atoms with van der Waals surface area (Å²) in [6, 6.07) is 9.64. The van der Waals surface area contributed by atoms with Gasteiger partial charge in [-0.05, 0) is 12.0 Å². The van der Waals surface area contributed by atoms with Gasteiger partial charge in [0.2, 0.25) is 0 Å². The van der Waals surface area contributed by atoms with E-state index >= 15 is 0 Å². The molecule has 0 bridgehead atoms. The van der Waals surface area contributed by atoms with E-state index in [0.717, 1.165) is 17.7 Å². The van der Waals surface area contributed by atoms with E-state index in [0.29, 0.717) is 12.3 Å². The van der Waals surface area contributed by atoms with Gasteiger partial charge in [0, 0.05) is 18.2 Å². The third-order valence-electron chi connectivity index (χ3n) is 3.38. The Kier molecular flexibility index (Phi) is 2.37.